The van der Waals surface area contributed by atoms with E-state index in [0.717, 1.165) is 24.3 Å². The lowest BCUT2D eigenvalue weighted by atomic mass is 10.1. The Morgan fingerprint density at radius 3 is 3.15 bits per heavy atom. The molecule has 1 aliphatic carbocycles. The molecule has 2 N–H and O–H groups in total. The summed E-state index contributed by atoms with van der Waals surface area (Å²) in [4.78, 5) is 16.7. The molecule has 2 heterocycles. The Labute approximate surface area is 121 Å². The van der Waals surface area contributed by atoms with Gasteiger partial charge in [0.15, 0.2) is 5.13 Å². The lowest BCUT2D eigenvalue weighted by Crippen LogP contribution is -2.12. The molecular formula is C15H15N3OS. The molecule has 102 valence electrons. The van der Waals surface area contributed by atoms with Gasteiger partial charge >= 0.3 is 0 Å². The van der Waals surface area contributed by atoms with Crippen molar-refractivity contribution in [3.63, 3.8) is 0 Å². The highest BCUT2D eigenvalue weighted by Gasteiger charge is 2.26. The Balaban J connectivity index is 1.51. The number of nitrogens with one attached hydrogen (secondary N) is 2. The topological polar surface area (TPSA) is 54.0 Å². The third kappa shape index (κ3) is 2.18. The predicted octanol–water partition coefficient (Wildman–Crippen LogP) is 3.24. The van der Waals surface area contributed by atoms with E-state index in [9.17, 15) is 4.79 Å². The molecule has 4 rings (SSSR count). The first kappa shape index (κ1) is 11.9. The second-order valence-electron chi connectivity index (χ2n) is 5.35. The van der Waals surface area contributed by atoms with Gasteiger partial charge in [-0.05, 0) is 37.0 Å². The second-order valence-corrected chi connectivity index (χ2v) is 6.21. The number of hydrogen-bond acceptors (Lipinski definition) is 4. The number of carbonyl (C=O) groups excluding carboxylic acids is 1. The second kappa shape index (κ2) is 4.59. The van der Waals surface area contributed by atoms with Crippen LogP contribution >= 0.6 is 11.3 Å². The van der Waals surface area contributed by atoms with Crippen LogP contribution in [0.3, 0.4) is 0 Å². The molecular weight excluding hydrogens is 270 g/mol. The molecule has 0 unspecified atom stereocenters. The molecule has 1 fully saturated rings. The highest BCUT2D eigenvalue weighted by molar-refractivity contribution is 7.14. The molecule has 4 nitrogen and oxygen atoms in total. The van der Waals surface area contributed by atoms with Gasteiger partial charge in [0, 0.05) is 29.1 Å². The van der Waals surface area contributed by atoms with Crippen molar-refractivity contribution in [2.75, 3.05) is 17.2 Å². The van der Waals surface area contributed by atoms with Crippen LogP contribution in [-0.2, 0) is 6.42 Å². The van der Waals surface area contributed by atoms with Crippen LogP contribution in [0.2, 0.25) is 0 Å². The summed E-state index contributed by atoms with van der Waals surface area (Å²) in [5, 5.41) is 8.94. The molecule has 2 aliphatic rings. The smallest absolute Gasteiger partial charge is 0.257 e. The fourth-order valence-electron chi connectivity index (χ4n) is 2.51. The van der Waals surface area contributed by atoms with E-state index < -0.39 is 0 Å². The number of benzene rings is 1. The number of rotatable bonds is 3. The first-order valence-corrected chi connectivity index (χ1v) is 7.81. The van der Waals surface area contributed by atoms with E-state index in [4.69, 9.17) is 0 Å². The Bertz CT molecular complexity index is 676. The van der Waals surface area contributed by atoms with Crippen LogP contribution in [0, 0.1) is 0 Å². The van der Waals surface area contributed by atoms with E-state index >= 15 is 0 Å². The van der Waals surface area contributed by atoms with Gasteiger partial charge in [-0.3, -0.25) is 10.1 Å². The molecule has 0 saturated heterocycles. The summed E-state index contributed by atoms with van der Waals surface area (Å²) in [6.45, 7) is 0.956. The van der Waals surface area contributed by atoms with E-state index in [0.29, 0.717) is 16.6 Å². The van der Waals surface area contributed by atoms with Crippen molar-refractivity contribution in [3.05, 3.63) is 40.4 Å². The van der Waals surface area contributed by atoms with Crippen molar-refractivity contribution in [3.8, 4) is 0 Å². The fraction of sp³-hybridized carbons (Fsp3) is 0.333. The zero-order valence-electron chi connectivity index (χ0n) is 11.0. The summed E-state index contributed by atoms with van der Waals surface area (Å²) in [5.74, 6) is 0.541. The van der Waals surface area contributed by atoms with Gasteiger partial charge in [-0.2, -0.15) is 0 Å². The zero-order chi connectivity index (χ0) is 13.5. The molecule has 5 heteroatoms. The third-order valence-corrected chi connectivity index (χ3v) is 4.60. The molecule has 1 aromatic carbocycles. The zero-order valence-corrected chi connectivity index (χ0v) is 11.8. The van der Waals surface area contributed by atoms with Crippen LogP contribution in [0.4, 0.5) is 10.8 Å². The highest BCUT2D eigenvalue weighted by atomic mass is 32.1. The average molecular weight is 285 g/mol. The summed E-state index contributed by atoms with van der Waals surface area (Å²) < 4.78 is 0. The van der Waals surface area contributed by atoms with Gasteiger partial charge in [0.25, 0.3) is 5.91 Å². The Morgan fingerprint density at radius 2 is 2.30 bits per heavy atom. The van der Waals surface area contributed by atoms with Crippen LogP contribution in [0.25, 0.3) is 0 Å². The van der Waals surface area contributed by atoms with Crippen LogP contribution in [0.5, 0.6) is 0 Å². The summed E-state index contributed by atoms with van der Waals surface area (Å²) in [5.41, 5.74) is 4.17. The van der Waals surface area contributed by atoms with Gasteiger partial charge in [-0.25, -0.2) is 4.98 Å². The van der Waals surface area contributed by atoms with Crippen molar-refractivity contribution in [1.29, 1.82) is 0 Å². The van der Waals surface area contributed by atoms with Crippen LogP contribution in [-0.4, -0.2) is 17.4 Å². The van der Waals surface area contributed by atoms with Gasteiger partial charge in [0.2, 0.25) is 0 Å². The summed E-state index contributed by atoms with van der Waals surface area (Å²) >= 11 is 1.51. The summed E-state index contributed by atoms with van der Waals surface area (Å²) in [7, 11) is 0. The molecule has 0 atom stereocenters. The average Bonchev–Trinajstić information content (AvgIpc) is 3.02. The van der Waals surface area contributed by atoms with Gasteiger partial charge in [-0.1, -0.05) is 6.07 Å². The van der Waals surface area contributed by atoms with E-state index in [1.54, 1.807) is 0 Å². The quantitative estimate of drug-likeness (QED) is 0.910. The van der Waals surface area contributed by atoms with E-state index in [1.165, 1.54) is 29.7 Å². The largest absolute Gasteiger partial charge is 0.384 e. The van der Waals surface area contributed by atoms with Crippen molar-refractivity contribution in [1.82, 2.24) is 4.98 Å². The first-order chi connectivity index (χ1) is 9.79. The van der Waals surface area contributed by atoms with Gasteiger partial charge in [0.1, 0.15) is 0 Å². The minimum Gasteiger partial charge on any atom is -0.384 e. The lowest BCUT2D eigenvalue weighted by molar-refractivity contribution is 0.102. The SMILES string of the molecule is O=C(Nc1nc(C2CC2)cs1)c1ccc2c(c1)NCC2. The number of fused-ring (bicyclic) bond motifs is 1. The third-order valence-electron chi connectivity index (χ3n) is 3.82. The molecule has 0 radical (unpaired) electrons. The van der Waals surface area contributed by atoms with E-state index in [2.05, 4.69) is 21.0 Å². The number of thiazole rings is 1. The van der Waals surface area contributed by atoms with E-state index in [1.807, 2.05) is 18.2 Å². The number of hydrogen-bond donors (Lipinski definition) is 2. The maximum Gasteiger partial charge on any atom is 0.257 e. The maximum absolute atomic E-state index is 12.2. The Morgan fingerprint density at radius 1 is 1.40 bits per heavy atom. The molecule has 2 aromatic rings. The number of anilines is 2. The number of nitrogens with zero attached hydrogens (tertiary/aromatic N) is 1. The Kier molecular flexibility index (Phi) is 2.73. The monoisotopic (exact) mass is 285 g/mol. The molecule has 1 amide bonds. The van der Waals surface area contributed by atoms with Crippen molar-refractivity contribution < 1.29 is 4.79 Å². The number of aromatic nitrogens is 1. The minimum absolute atomic E-state index is 0.0850. The van der Waals surface area contributed by atoms with Crippen LogP contribution in [0.15, 0.2) is 23.6 Å². The molecule has 1 saturated carbocycles. The molecule has 0 bridgehead atoms. The van der Waals surface area contributed by atoms with Crippen molar-refractivity contribution >= 4 is 28.1 Å². The van der Waals surface area contributed by atoms with Crippen molar-refractivity contribution in [2.24, 2.45) is 0 Å². The van der Waals surface area contributed by atoms with Crippen LogP contribution in [0.1, 0.15) is 40.4 Å². The lowest BCUT2D eigenvalue weighted by Gasteiger charge is -2.05. The minimum atomic E-state index is -0.0850. The normalized spacial score (nSPS) is 16.6. The van der Waals surface area contributed by atoms with Crippen molar-refractivity contribution in [2.45, 2.75) is 25.2 Å². The first-order valence-electron chi connectivity index (χ1n) is 6.93. The summed E-state index contributed by atoms with van der Waals surface area (Å²) in [6, 6.07) is 5.84. The molecule has 0 spiro atoms. The highest BCUT2D eigenvalue weighted by Crippen LogP contribution is 2.40. The van der Waals surface area contributed by atoms with Crippen LogP contribution < -0.4 is 10.6 Å². The predicted molar refractivity (Wildman–Crippen MR) is 80.7 cm³/mol. The van der Waals surface area contributed by atoms with E-state index in [-0.39, 0.29) is 5.91 Å². The summed E-state index contributed by atoms with van der Waals surface area (Å²) in [6.07, 6.45) is 3.50. The number of amides is 1. The standard InChI is InChI=1S/C15H15N3OS/c19-14(11-4-3-10-5-6-16-12(10)7-11)18-15-17-13(8-20-15)9-1-2-9/h3-4,7-9,16H,1-2,5-6H2,(H,17,18,19). The number of carbonyl (C=O) groups is 1. The molecule has 1 aliphatic heterocycles. The van der Waals surface area contributed by atoms with Gasteiger partial charge in [-0.15, -0.1) is 11.3 Å². The molecule has 1 aromatic heterocycles. The van der Waals surface area contributed by atoms with Gasteiger partial charge in [0.05, 0.1) is 5.69 Å². The molecule has 20 heavy (non-hydrogen) atoms. The Hall–Kier alpha value is -1.88. The fourth-order valence-corrected chi connectivity index (χ4v) is 3.30. The maximum atomic E-state index is 12.2. The van der Waals surface area contributed by atoms with Gasteiger partial charge < -0.3 is 5.32 Å².